The number of aromatic carboxylic acids is 1. The van der Waals surface area contributed by atoms with E-state index in [9.17, 15) is 19.5 Å². The van der Waals surface area contributed by atoms with Crippen LogP contribution in [0.5, 0.6) is 0 Å². The van der Waals surface area contributed by atoms with Crippen molar-refractivity contribution >= 4 is 40.1 Å². The molecule has 3 heterocycles. The fraction of sp³-hybridized carbons (Fsp3) is 0.409. The van der Waals surface area contributed by atoms with Crippen molar-refractivity contribution < 1.29 is 19.1 Å². The zero-order valence-corrected chi connectivity index (χ0v) is 18.8. The van der Waals surface area contributed by atoms with Gasteiger partial charge in [-0.3, -0.25) is 14.3 Å². The number of hydrogen-bond acceptors (Lipinski definition) is 6. The van der Waals surface area contributed by atoms with Crippen LogP contribution in [-0.2, 0) is 11.3 Å². The van der Waals surface area contributed by atoms with Gasteiger partial charge in [-0.05, 0) is 25.3 Å². The Morgan fingerprint density at radius 1 is 1.29 bits per heavy atom. The van der Waals surface area contributed by atoms with E-state index in [1.807, 2.05) is 0 Å². The van der Waals surface area contributed by atoms with E-state index in [0.29, 0.717) is 31.6 Å². The summed E-state index contributed by atoms with van der Waals surface area (Å²) in [5, 5.41) is 16.4. The van der Waals surface area contributed by atoms with Gasteiger partial charge < -0.3 is 19.9 Å². The van der Waals surface area contributed by atoms with E-state index in [1.165, 1.54) is 18.9 Å². The molecule has 1 saturated carbocycles. The minimum atomic E-state index is -1.36. The van der Waals surface area contributed by atoms with Gasteiger partial charge in [0.2, 0.25) is 11.3 Å². The molecule has 2 fully saturated rings. The van der Waals surface area contributed by atoms with Gasteiger partial charge in [-0.15, -0.1) is 0 Å². The van der Waals surface area contributed by atoms with Gasteiger partial charge in [0.1, 0.15) is 24.0 Å². The van der Waals surface area contributed by atoms with E-state index >= 15 is 4.39 Å². The second-order valence-electron chi connectivity index (χ2n) is 8.64. The molecule has 1 aromatic carbocycles. The maximum Gasteiger partial charge on any atom is 0.341 e. The second-order valence-corrected chi connectivity index (χ2v) is 9.02. The van der Waals surface area contributed by atoms with Crippen LogP contribution in [0.4, 0.5) is 10.1 Å². The molecule has 1 unspecified atom stereocenters. The molecule has 12 heteroatoms. The van der Waals surface area contributed by atoms with Gasteiger partial charge in [0.05, 0.1) is 28.2 Å². The largest absolute Gasteiger partial charge is 0.477 e. The number of amides is 1. The molecule has 178 valence electrons. The number of pyridine rings is 1. The second kappa shape index (κ2) is 8.71. The van der Waals surface area contributed by atoms with Crippen molar-refractivity contribution in [3.8, 4) is 0 Å². The van der Waals surface area contributed by atoms with Crippen molar-refractivity contribution in [3.05, 3.63) is 51.5 Å². The molecule has 0 spiro atoms. The predicted molar refractivity (Wildman–Crippen MR) is 122 cm³/mol. The van der Waals surface area contributed by atoms with Crippen LogP contribution < -0.4 is 15.6 Å². The van der Waals surface area contributed by atoms with Crippen LogP contribution >= 0.6 is 11.6 Å². The lowest BCUT2D eigenvalue weighted by atomic mass is 10.1. The molecule has 1 aliphatic carbocycles. The van der Waals surface area contributed by atoms with E-state index in [2.05, 4.69) is 15.4 Å². The number of aromatic nitrogens is 4. The summed E-state index contributed by atoms with van der Waals surface area (Å²) in [5.74, 6) is -2.20. The molecule has 2 aliphatic rings. The quantitative estimate of drug-likeness (QED) is 0.522. The van der Waals surface area contributed by atoms with Crippen molar-refractivity contribution in [2.75, 3.05) is 18.0 Å². The van der Waals surface area contributed by atoms with E-state index in [4.69, 9.17) is 11.6 Å². The smallest absolute Gasteiger partial charge is 0.341 e. The monoisotopic (exact) mass is 488 g/mol. The van der Waals surface area contributed by atoms with Crippen molar-refractivity contribution in [3.63, 3.8) is 0 Å². The van der Waals surface area contributed by atoms with E-state index in [-0.39, 0.29) is 40.5 Å². The van der Waals surface area contributed by atoms with Crippen LogP contribution in [-0.4, -0.2) is 55.4 Å². The van der Waals surface area contributed by atoms with Crippen LogP contribution in [0.3, 0.4) is 0 Å². The van der Waals surface area contributed by atoms with Crippen LogP contribution in [0.1, 0.15) is 42.1 Å². The minimum Gasteiger partial charge on any atom is -0.477 e. The predicted octanol–water partition coefficient (Wildman–Crippen LogP) is 2.20. The van der Waals surface area contributed by atoms with Gasteiger partial charge in [-0.25, -0.2) is 14.2 Å². The maximum absolute atomic E-state index is 15.2. The maximum atomic E-state index is 15.2. The van der Waals surface area contributed by atoms with E-state index in [1.54, 1.807) is 14.1 Å². The fourth-order valence-corrected chi connectivity index (χ4v) is 4.87. The number of aryl methyl sites for hydroxylation is 1. The summed E-state index contributed by atoms with van der Waals surface area (Å²) in [6, 6.07) is 0.913. The summed E-state index contributed by atoms with van der Waals surface area (Å²) in [6.07, 6.45) is 6.75. The average Bonchev–Trinajstić information content (AvgIpc) is 3.31. The number of anilines is 1. The first-order chi connectivity index (χ1) is 16.3. The molecule has 5 rings (SSSR count). The number of halogens is 2. The third-order valence-corrected chi connectivity index (χ3v) is 6.62. The average molecular weight is 489 g/mol. The van der Waals surface area contributed by atoms with Gasteiger partial charge >= 0.3 is 5.97 Å². The van der Waals surface area contributed by atoms with Gasteiger partial charge in [-0.1, -0.05) is 11.6 Å². The van der Waals surface area contributed by atoms with E-state index in [0.717, 1.165) is 18.9 Å². The number of benzene rings is 1. The highest BCUT2D eigenvalue weighted by Crippen LogP contribution is 2.42. The Hall–Kier alpha value is -3.47. The topological polar surface area (TPSA) is 122 Å². The number of nitrogens with one attached hydrogen (secondary N) is 1. The van der Waals surface area contributed by atoms with Crippen LogP contribution in [0, 0.1) is 5.82 Å². The molecule has 2 aromatic heterocycles. The van der Waals surface area contributed by atoms with Crippen LogP contribution in [0.25, 0.3) is 10.9 Å². The number of hydrogen-bond donors (Lipinski definition) is 2. The highest BCUT2D eigenvalue weighted by atomic mass is 35.5. The Labute approximate surface area is 197 Å². The summed E-state index contributed by atoms with van der Waals surface area (Å²) in [4.78, 5) is 42.2. The number of nitrogens with zero attached hydrogens (tertiary/aromatic N) is 5. The van der Waals surface area contributed by atoms with Crippen molar-refractivity contribution in [2.24, 2.45) is 0 Å². The van der Waals surface area contributed by atoms with Gasteiger partial charge in [0.25, 0.3) is 0 Å². The first kappa shape index (κ1) is 22.3. The molecule has 3 aromatic rings. The van der Waals surface area contributed by atoms with Crippen molar-refractivity contribution in [2.45, 2.75) is 44.3 Å². The number of carboxylic acid groups (broad SMARTS) is 1. The van der Waals surface area contributed by atoms with Crippen molar-refractivity contribution in [1.29, 1.82) is 0 Å². The molecule has 1 amide bonds. The lowest BCUT2D eigenvalue weighted by Crippen LogP contribution is -2.37. The summed E-state index contributed by atoms with van der Waals surface area (Å²) in [5.41, 5.74) is -0.663. The molecular formula is C22H22ClFN6O4. The molecule has 1 saturated heterocycles. The molecule has 0 bridgehead atoms. The summed E-state index contributed by atoms with van der Waals surface area (Å²) < 4.78 is 18.5. The SMILES string of the molecule is O=C(CCn1cncn1)NC1CCN(c2c(F)cc3c(=O)c(C(=O)O)cn(C4CC4)c3c2Cl)C1. The zero-order chi connectivity index (χ0) is 24.0. The standard InChI is InChI=1S/C22H22ClFN6O4/c23-18-19-14(21(32)15(22(33)34)9-30(19)13-1-2-13)7-16(24)20(18)28-5-3-12(8-28)27-17(31)4-6-29-11-25-10-26-29/h7,9-13H,1-6,8H2,(H,27,31)(H,33,34). The fourth-order valence-electron chi connectivity index (χ4n) is 4.46. The zero-order valence-electron chi connectivity index (χ0n) is 18.1. The molecule has 10 nitrogen and oxygen atoms in total. The highest BCUT2D eigenvalue weighted by Gasteiger charge is 2.32. The lowest BCUT2D eigenvalue weighted by Gasteiger charge is -2.23. The number of carbonyl (C=O) groups is 2. The minimum absolute atomic E-state index is 0.0209. The summed E-state index contributed by atoms with van der Waals surface area (Å²) >= 11 is 6.68. The Morgan fingerprint density at radius 3 is 2.76 bits per heavy atom. The third kappa shape index (κ3) is 4.11. The summed E-state index contributed by atoms with van der Waals surface area (Å²) in [6.45, 7) is 1.24. The lowest BCUT2D eigenvalue weighted by molar-refractivity contribution is -0.121. The number of carbonyl (C=O) groups excluding carboxylic acids is 1. The summed E-state index contributed by atoms with van der Waals surface area (Å²) in [7, 11) is 0. The first-order valence-electron chi connectivity index (χ1n) is 11.0. The number of rotatable bonds is 7. The number of carboxylic acids is 1. The third-order valence-electron chi connectivity index (χ3n) is 6.26. The Bertz CT molecular complexity index is 1340. The molecular weight excluding hydrogens is 467 g/mol. The molecule has 1 atom stereocenters. The first-order valence-corrected chi connectivity index (χ1v) is 11.4. The Morgan fingerprint density at radius 2 is 2.09 bits per heavy atom. The number of fused-ring (bicyclic) bond motifs is 1. The van der Waals surface area contributed by atoms with E-state index < -0.39 is 22.8 Å². The normalized spacial score (nSPS) is 17.9. The highest BCUT2D eigenvalue weighted by molar-refractivity contribution is 6.38. The van der Waals surface area contributed by atoms with Crippen LogP contribution in [0.15, 0.2) is 29.7 Å². The van der Waals surface area contributed by atoms with Gasteiger partial charge in [0, 0.05) is 37.8 Å². The molecule has 0 radical (unpaired) electrons. The Balaban J connectivity index is 1.40. The Kier molecular flexibility index (Phi) is 5.72. The molecule has 2 N–H and O–H groups in total. The molecule has 1 aliphatic heterocycles. The van der Waals surface area contributed by atoms with Gasteiger partial charge in [-0.2, -0.15) is 5.10 Å². The van der Waals surface area contributed by atoms with Crippen LogP contribution in [0.2, 0.25) is 5.02 Å². The van der Waals surface area contributed by atoms with Crippen molar-refractivity contribution in [1.82, 2.24) is 24.6 Å². The van der Waals surface area contributed by atoms with Gasteiger partial charge in [0.15, 0.2) is 0 Å². The molecule has 34 heavy (non-hydrogen) atoms.